The van der Waals surface area contributed by atoms with Gasteiger partial charge >= 0.3 is 0 Å². The van der Waals surface area contributed by atoms with Crippen LogP contribution in [-0.2, 0) is 6.42 Å². The molecule has 7 rings (SSSR count). The zero-order chi connectivity index (χ0) is 25.3. The normalized spacial score (nSPS) is 12.2. The van der Waals surface area contributed by atoms with Crippen molar-refractivity contribution in [2.24, 2.45) is 0 Å². The maximum Gasteiger partial charge on any atom is 0.264 e. The Bertz CT molecular complexity index is 1680. The van der Waals surface area contributed by atoms with Gasteiger partial charge in [-0.1, -0.05) is 109 Å². The predicted octanol–water partition coefficient (Wildman–Crippen LogP) is 9.16. The number of oxazole rings is 1. The molecule has 2 heterocycles. The molecule has 0 bridgehead atoms. The minimum Gasteiger partial charge on any atom is -0.450 e. The Morgan fingerprint density at radius 1 is 0.711 bits per heavy atom. The largest absolute Gasteiger partial charge is 0.450 e. The summed E-state index contributed by atoms with van der Waals surface area (Å²) >= 11 is 0. The number of nitrogens with zero attached hydrogens (tertiary/aromatic N) is 1. The van der Waals surface area contributed by atoms with E-state index in [4.69, 9.17) is 8.83 Å². The number of benzene rings is 3. The van der Waals surface area contributed by atoms with Crippen LogP contribution < -0.4 is 0 Å². The van der Waals surface area contributed by atoms with E-state index in [2.05, 4.69) is 77.8 Å². The zero-order valence-corrected chi connectivity index (χ0v) is 20.6. The van der Waals surface area contributed by atoms with Crippen LogP contribution in [0.4, 0.5) is 0 Å². The first-order valence-corrected chi connectivity index (χ1v) is 12.8. The molecule has 0 saturated carbocycles. The van der Waals surface area contributed by atoms with E-state index in [-0.39, 0.29) is 0 Å². The summed E-state index contributed by atoms with van der Waals surface area (Å²) in [6.07, 6.45) is 7.93. The third-order valence-electron chi connectivity index (χ3n) is 6.97. The van der Waals surface area contributed by atoms with Gasteiger partial charge in [0.05, 0.1) is 6.20 Å². The molecule has 0 atom stereocenters. The number of allylic oxidation sites excluding steroid dienone is 1. The number of hydrogen-bond donors (Lipinski definition) is 0. The predicted molar refractivity (Wildman–Crippen MR) is 151 cm³/mol. The number of rotatable bonds is 5. The van der Waals surface area contributed by atoms with Crippen LogP contribution in [0.15, 0.2) is 118 Å². The summed E-state index contributed by atoms with van der Waals surface area (Å²) in [5.74, 6) is 2.71. The van der Waals surface area contributed by atoms with Crippen LogP contribution in [0.5, 0.6) is 0 Å². The van der Waals surface area contributed by atoms with Gasteiger partial charge in [-0.15, -0.1) is 0 Å². The van der Waals surface area contributed by atoms with Gasteiger partial charge in [0.1, 0.15) is 5.76 Å². The topological polar surface area (TPSA) is 39.2 Å². The van der Waals surface area contributed by atoms with Gasteiger partial charge in [0.15, 0.2) is 11.5 Å². The van der Waals surface area contributed by atoms with E-state index in [1.165, 1.54) is 5.56 Å². The van der Waals surface area contributed by atoms with Crippen molar-refractivity contribution in [3.8, 4) is 56.6 Å². The van der Waals surface area contributed by atoms with Gasteiger partial charge in [-0.3, -0.25) is 0 Å². The summed E-state index contributed by atoms with van der Waals surface area (Å²) in [7, 11) is 0. The van der Waals surface area contributed by atoms with E-state index in [9.17, 15) is 0 Å². The first-order valence-electron chi connectivity index (χ1n) is 12.8. The maximum absolute atomic E-state index is 6.78. The summed E-state index contributed by atoms with van der Waals surface area (Å²) in [5.41, 5.74) is 8.49. The third kappa shape index (κ3) is 3.84. The number of hydrogen-bond acceptors (Lipinski definition) is 3. The van der Waals surface area contributed by atoms with Crippen molar-refractivity contribution < 1.29 is 8.83 Å². The molecule has 0 aliphatic heterocycles. The Kier molecular flexibility index (Phi) is 5.49. The number of fused-ring (bicyclic) bond motifs is 1. The van der Waals surface area contributed by atoms with Crippen molar-refractivity contribution in [1.82, 2.24) is 4.98 Å². The number of furan rings is 1. The van der Waals surface area contributed by atoms with Crippen LogP contribution in [0, 0.1) is 12.1 Å². The Balaban J connectivity index is 1.47. The molecule has 0 radical (unpaired) electrons. The van der Waals surface area contributed by atoms with E-state index in [1.54, 1.807) is 6.20 Å². The van der Waals surface area contributed by atoms with Crippen molar-refractivity contribution in [3.63, 3.8) is 0 Å². The molecule has 0 N–H and O–H groups in total. The Morgan fingerprint density at radius 2 is 1.50 bits per heavy atom. The second-order valence-electron chi connectivity index (χ2n) is 9.29. The molecule has 0 unspecified atom stereocenters. The highest BCUT2D eigenvalue weighted by atomic mass is 16.4. The molecule has 3 nitrogen and oxygen atoms in total. The fourth-order valence-corrected chi connectivity index (χ4v) is 5.20. The maximum atomic E-state index is 6.78. The molecule has 1 aliphatic carbocycles. The highest BCUT2D eigenvalue weighted by Crippen LogP contribution is 2.47. The van der Waals surface area contributed by atoms with Crippen molar-refractivity contribution in [1.29, 1.82) is 0 Å². The van der Waals surface area contributed by atoms with Crippen LogP contribution in [-0.4, -0.2) is 4.98 Å². The number of aromatic nitrogens is 1. The SMILES string of the molecule is c1cccc(-c2cccc(-c3ccccc3)c2-c2oc(-c3ncc(-c4ccccc4)o3)c3c2CCC=C3)c#1. The minimum absolute atomic E-state index is 0.483. The average Bonchev–Trinajstić information content (AvgIpc) is 3.64. The second kappa shape index (κ2) is 9.42. The zero-order valence-electron chi connectivity index (χ0n) is 20.6. The Hall–Kier alpha value is -5.07. The average molecular weight is 490 g/mol. The Labute approximate surface area is 221 Å². The summed E-state index contributed by atoms with van der Waals surface area (Å²) in [4.78, 5) is 4.63. The smallest absolute Gasteiger partial charge is 0.264 e. The van der Waals surface area contributed by atoms with E-state index in [0.717, 1.165) is 57.5 Å². The lowest BCUT2D eigenvalue weighted by Crippen LogP contribution is -1.96. The van der Waals surface area contributed by atoms with E-state index < -0.39 is 0 Å². The van der Waals surface area contributed by atoms with Crippen LogP contribution in [0.3, 0.4) is 0 Å². The highest BCUT2D eigenvalue weighted by Gasteiger charge is 2.28. The van der Waals surface area contributed by atoms with E-state index in [1.807, 2.05) is 48.5 Å². The molecule has 2 aromatic heterocycles. The van der Waals surface area contributed by atoms with Gasteiger partial charge in [0.25, 0.3) is 5.89 Å². The lowest BCUT2D eigenvalue weighted by atomic mass is 9.87. The molecule has 0 saturated heterocycles. The van der Waals surface area contributed by atoms with Gasteiger partial charge in [-0.25, -0.2) is 4.98 Å². The molecule has 38 heavy (non-hydrogen) atoms. The summed E-state index contributed by atoms with van der Waals surface area (Å²) in [6, 6.07) is 39.2. The monoisotopic (exact) mass is 489 g/mol. The van der Waals surface area contributed by atoms with Gasteiger partial charge in [0.2, 0.25) is 0 Å². The summed E-state index contributed by atoms with van der Waals surface area (Å²) < 4.78 is 13.0. The molecule has 3 heteroatoms. The first kappa shape index (κ1) is 22.2. The van der Waals surface area contributed by atoms with Gasteiger partial charge < -0.3 is 8.83 Å². The van der Waals surface area contributed by atoms with Crippen LogP contribution in [0.2, 0.25) is 0 Å². The second-order valence-corrected chi connectivity index (χ2v) is 9.29. The molecule has 6 aromatic rings. The molecule has 180 valence electrons. The fourth-order valence-electron chi connectivity index (χ4n) is 5.20. The van der Waals surface area contributed by atoms with Crippen molar-refractivity contribution >= 4 is 6.08 Å². The standard InChI is InChI=1S/C35H23NO2/c1-4-13-24(14-5-1)27-21-12-22-28(25-15-6-2-7-16-25)32(27)33-29-19-10-11-20-30(29)34(38-33)35-36-23-31(37-35)26-17-8-3-9-18-26/h1-6,8-9,11-15,17-18,20-23H,10,19H2. The Morgan fingerprint density at radius 3 is 2.29 bits per heavy atom. The molecule has 4 aromatic carbocycles. The molecule has 0 fully saturated rings. The lowest BCUT2D eigenvalue weighted by Gasteiger charge is -2.15. The summed E-state index contributed by atoms with van der Waals surface area (Å²) in [5, 5.41) is 0. The molecule has 0 spiro atoms. The van der Waals surface area contributed by atoms with Crippen LogP contribution in [0.25, 0.3) is 62.6 Å². The highest BCUT2D eigenvalue weighted by molar-refractivity contribution is 5.95. The van der Waals surface area contributed by atoms with Crippen LogP contribution >= 0.6 is 0 Å². The fraction of sp³-hybridized carbons (Fsp3) is 0.0571. The quantitative estimate of drug-likeness (QED) is 0.242. The molecular weight excluding hydrogens is 466 g/mol. The molecule has 0 amide bonds. The van der Waals surface area contributed by atoms with Crippen LogP contribution in [0.1, 0.15) is 17.5 Å². The lowest BCUT2D eigenvalue weighted by molar-refractivity contribution is 0.530. The van der Waals surface area contributed by atoms with Gasteiger partial charge in [-0.05, 0) is 36.1 Å². The summed E-state index contributed by atoms with van der Waals surface area (Å²) in [6.45, 7) is 0. The van der Waals surface area contributed by atoms with Crippen molar-refractivity contribution in [2.75, 3.05) is 0 Å². The minimum atomic E-state index is 0.483. The van der Waals surface area contributed by atoms with Crippen molar-refractivity contribution in [2.45, 2.75) is 12.8 Å². The third-order valence-corrected chi connectivity index (χ3v) is 6.97. The molecule has 1 aliphatic rings. The van der Waals surface area contributed by atoms with Gasteiger partial charge in [-0.2, -0.15) is 0 Å². The van der Waals surface area contributed by atoms with E-state index >= 15 is 0 Å². The van der Waals surface area contributed by atoms with E-state index in [0.29, 0.717) is 17.4 Å². The van der Waals surface area contributed by atoms with Gasteiger partial charge in [0, 0.05) is 33.4 Å². The first-order chi connectivity index (χ1) is 18.9. The molecular formula is C35H23NO2. The van der Waals surface area contributed by atoms with Crippen molar-refractivity contribution in [3.05, 3.63) is 133 Å².